The lowest BCUT2D eigenvalue weighted by Crippen LogP contribution is -2.45. The predicted molar refractivity (Wildman–Crippen MR) is 93.9 cm³/mol. The number of rotatable bonds is 6. The Bertz CT molecular complexity index is 538. The second-order valence-corrected chi connectivity index (χ2v) is 6.33. The highest BCUT2D eigenvalue weighted by molar-refractivity contribution is 6.27. The van der Waals surface area contributed by atoms with Crippen LogP contribution in [0.15, 0.2) is 30.3 Å². The van der Waals surface area contributed by atoms with Gasteiger partial charge >= 0.3 is 6.09 Å². The Morgan fingerprint density at radius 2 is 2.08 bits per heavy atom. The first kappa shape index (κ1) is 18.6. The maximum atomic E-state index is 12.3. The van der Waals surface area contributed by atoms with E-state index in [1.165, 1.54) is 0 Å². The summed E-state index contributed by atoms with van der Waals surface area (Å²) in [6, 6.07) is 9.65. The van der Waals surface area contributed by atoms with Crippen molar-refractivity contribution in [1.29, 1.82) is 0 Å². The molecule has 132 valence electrons. The number of amides is 2. The summed E-state index contributed by atoms with van der Waals surface area (Å²) in [6.07, 6.45) is 1.65. The second kappa shape index (κ2) is 9.52. The standard InChI is InChI=1S/C18H25ClN2O3/c1-2-20(17(22)11-19)12-16-9-6-10-21(13-16)18(23)24-14-15-7-4-3-5-8-15/h3-5,7-8,16H,2,6,9-14H2,1H3. The quantitative estimate of drug-likeness (QED) is 0.739. The van der Waals surface area contributed by atoms with E-state index in [9.17, 15) is 9.59 Å². The van der Waals surface area contributed by atoms with Gasteiger partial charge in [0.25, 0.3) is 0 Å². The van der Waals surface area contributed by atoms with E-state index in [2.05, 4.69) is 0 Å². The minimum atomic E-state index is -0.282. The molecule has 5 nitrogen and oxygen atoms in total. The van der Waals surface area contributed by atoms with Gasteiger partial charge < -0.3 is 14.5 Å². The zero-order valence-corrected chi connectivity index (χ0v) is 14.9. The number of piperidine rings is 1. The highest BCUT2D eigenvalue weighted by Crippen LogP contribution is 2.19. The van der Waals surface area contributed by atoms with Crippen LogP contribution in [0.1, 0.15) is 25.3 Å². The SMILES string of the molecule is CCN(CC1CCCN(C(=O)OCc2ccccc2)C1)C(=O)CCl. The third-order valence-electron chi connectivity index (χ3n) is 4.31. The molecule has 1 aliphatic rings. The molecule has 1 aromatic carbocycles. The normalized spacial score (nSPS) is 17.4. The number of benzene rings is 1. The number of carbonyl (C=O) groups excluding carboxylic acids is 2. The van der Waals surface area contributed by atoms with Gasteiger partial charge in [0.05, 0.1) is 0 Å². The Morgan fingerprint density at radius 3 is 2.75 bits per heavy atom. The average Bonchev–Trinajstić information content (AvgIpc) is 2.64. The third-order valence-corrected chi connectivity index (χ3v) is 4.54. The zero-order valence-electron chi connectivity index (χ0n) is 14.1. The minimum Gasteiger partial charge on any atom is -0.445 e. The molecule has 0 aromatic heterocycles. The van der Waals surface area contributed by atoms with Crippen molar-refractivity contribution in [2.75, 3.05) is 32.1 Å². The number of hydrogen-bond donors (Lipinski definition) is 0. The van der Waals surface area contributed by atoms with Crippen molar-refractivity contribution in [3.05, 3.63) is 35.9 Å². The number of carbonyl (C=O) groups is 2. The van der Waals surface area contributed by atoms with Crippen LogP contribution in [0.3, 0.4) is 0 Å². The number of halogens is 1. The maximum absolute atomic E-state index is 12.3. The summed E-state index contributed by atoms with van der Waals surface area (Å²) in [4.78, 5) is 27.6. The summed E-state index contributed by atoms with van der Waals surface area (Å²) < 4.78 is 5.40. The van der Waals surface area contributed by atoms with Gasteiger partial charge in [-0.2, -0.15) is 0 Å². The molecule has 1 saturated heterocycles. The first-order valence-corrected chi connectivity index (χ1v) is 8.96. The van der Waals surface area contributed by atoms with Crippen molar-refractivity contribution < 1.29 is 14.3 Å². The molecule has 1 unspecified atom stereocenters. The van der Waals surface area contributed by atoms with Crippen LogP contribution in [-0.2, 0) is 16.1 Å². The Hall–Kier alpha value is -1.75. The number of nitrogens with zero attached hydrogens (tertiary/aromatic N) is 2. The molecule has 0 spiro atoms. The van der Waals surface area contributed by atoms with Gasteiger partial charge in [0.15, 0.2) is 0 Å². The molecule has 0 aliphatic carbocycles. The molecule has 1 aromatic rings. The molecule has 6 heteroatoms. The van der Waals surface area contributed by atoms with Gasteiger partial charge in [-0.3, -0.25) is 4.79 Å². The molecule has 0 saturated carbocycles. The van der Waals surface area contributed by atoms with Crippen LogP contribution in [0.5, 0.6) is 0 Å². The molecule has 1 fully saturated rings. The van der Waals surface area contributed by atoms with Crippen molar-refractivity contribution >= 4 is 23.6 Å². The molecular weight excluding hydrogens is 328 g/mol. The van der Waals surface area contributed by atoms with E-state index in [0.717, 1.165) is 18.4 Å². The van der Waals surface area contributed by atoms with Gasteiger partial charge in [-0.25, -0.2) is 4.79 Å². The summed E-state index contributed by atoms with van der Waals surface area (Å²) in [5, 5.41) is 0. The van der Waals surface area contributed by atoms with Crippen molar-refractivity contribution in [2.45, 2.75) is 26.4 Å². The summed E-state index contributed by atoms with van der Waals surface area (Å²) in [6.45, 7) is 4.84. The second-order valence-electron chi connectivity index (χ2n) is 6.06. The Morgan fingerprint density at radius 1 is 1.33 bits per heavy atom. The van der Waals surface area contributed by atoms with Crippen LogP contribution >= 0.6 is 11.6 Å². The van der Waals surface area contributed by atoms with Crippen molar-refractivity contribution in [2.24, 2.45) is 5.92 Å². The summed E-state index contributed by atoms with van der Waals surface area (Å²) in [7, 11) is 0. The topological polar surface area (TPSA) is 49.9 Å². The monoisotopic (exact) mass is 352 g/mol. The van der Waals surface area contributed by atoms with E-state index >= 15 is 0 Å². The first-order chi connectivity index (χ1) is 11.6. The van der Waals surface area contributed by atoms with E-state index in [0.29, 0.717) is 26.2 Å². The lowest BCUT2D eigenvalue weighted by molar-refractivity contribution is -0.129. The number of hydrogen-bond acceptors (Lipinski definition) is 3. The molecule has 1 atom stereocenters. The van der Waals surface area contributed by atoms with Gasteiger partial charge in [0.1, 0.15) is 12.5 Å². The molecule has 0 N–H and O–H groups in total. The van der Waals surface area contributed by atoms with E-state index in [1.54, 1.807) is 9.80 Å². The van der Waals surface area contributed by atoms with Gasteiger partial charge in [0.2, 0.25) is 5.91 Å². The highest BCUT2D eigenvalue weighted by Gasteiger charge is 2.26. The summed E-state index contributed by atoms with van der Waals surface area (Å²) >= 11 is 5.65. The maximum Gasteiger partial charge on any atom is 0.410 e. The molecule has 0 radical (unpaired) electrons. The Labute approximate surface area is 148 Å². The number of alkyl halides is 1. The summed E-state index contributed by atoms with van der Waals surface area (Å²) in [5.74, 6) is 0.224. The Kier molecular flexibility index (Phi) is 7.37. The fourth-order valence-corrected chi connectivity index (χ4v) is 3.16. The molecule has 1 heterocycles. The van der Waals surface area contributed by atoms with Gasteiger partial charge in [-0.1, -0.05) is 30.3 Å². The van der Waals surface area contributed by atoms with Crippen LogP contribution in [0, 0.1) is 5.92 Å². The van der Waals surface area contributed by atoms with Crippen LogP contribution in [0.2, 0.25) is 0 Å². The number of likely N-dealkylation sites (tertiary alicyclic amines) is 1. The average molecular weight is 353 g/mol. The number of ether oxygens (including phenoxy) is 1. The minimum absolute atomic E-state index is 0.00336. The molecule has 0 bridgehead atoms. The fourth-order valence-electron chi connectivity index (χ4n) is 2.99. The van der Waals surface area contributed by atoms with Crippen LogP contribution in [0.4, 0.5) is 4.79 Å². The van der Waals surface area contributed by atoms with Crippen LogP contribution < -0.4 is 0 Å². The van der Waals surface area contributed by atoms with E-state index < -0.39 is 0 Å². The van der Waals surface area contributed by atoms with E-state index in [1.807, 2.05) is 37.3 Å². The Balaban J connectivity index is 1.83. The molecule has 1 aliphatic heterocycles. The molecular formula is C18H25ClN2O3. The van der Waals surface area contributed by atoms with Crippen LogP contribution in [0.25, 0.3) is 0 Å². The van der Waals surface area contributed by atoms with Crippen molar-refractivity contribution in [3.63, 3.8) is 0 Å². The zero-order chi connectivity index (χ0) is 17.4. The largest absolute Gasteiger partial charge is 0.445 e. The molecule has 2 amide bonds. The first-order valence-electron chi connectivity index (χ1n) is 8.43. The van der Waals surface area contributed by atoms with Gasteiger partial charge in [-0.15, -0.1) is 11.6 Å². The smallest absolute Gasteiger partial charge is 0.410 e. The van der Waals surface area contributed by atoms with Crippen LogP contribution in [-0.4, -0.2) is 53.9 Å². The lowest BCUT2D eigenvalue weighted by Gasteiger charge is -2.34. The molecule has 2 rings (SSSR count). The molecule has 24 heavy (non-hydrogen) atoms. The lowest BCUT2D eigenvalue weighted by atomic mass is 9.97. The summed E-state index contributed by atoms with van der Waals surface area (Å²) in [5.41, 5.74) is 0.976. The van der Waals surface area contributed by atoms with Crippen molar-refractivity contribution in [1.82, 2.24) is 9.80 Å². The predicted octanol–water partition coefficient (Wildman–Crippen LogP) is 3.12. The van der Waals surface area contributed by atoms with Gasteiger partial charge in [-0.05, 0) is 31.2 Å². The van der Waals surface area contributed by atoms with E-state index in [4.69, 9.17) is 16.3 Å². The van der Waals surface area contributed by atoms with E-state index in [-0.39, 0.29) is 30.4 Å². The third kappa shape index (κ3) is 5.41. The fraction of sp³-hybridized carbons (Fsp3) is 0.556. The highest BCUT2D eigenvalue weighted by atomic mass is 35.5. The van der Waals surface area contributed by atoms with Gasteiger partial charge in [0, 0.05) is 26.2 Å². The van der Waals surface area contributed by atoms with Crippen molar-refractivity contribution in [3.8, 4) is 0 Å².